The van der Waals surface area contributed by atoms with Crippen molar-refractivity contribution in [3.8, 4) is 11.5 Å². The van der Waals surface area contributed by atoms with Crippen LogP contribution in [-0.2, 0) is 6.54 Å². The Morgan fingerprint density at radius 3 is 2.84 bits per heavy atom. The van der Waals surface area contributed by atoms with E-state index in [4.69, 9.17) is 9.47 Å². The Balaban J connectivity index is 1.70. The summed E-state index contributed by atoms with van der Waals surface area (Å²) < 4.78 is 10.7. The van der Waals surface area contributed by atoms with Gasteiger partial charge in [-0.2, -0.15) is 0 Å². The Morgan fingerprint density at radius 2 is 2.00 bits per heavy atom. The zero-order valence-electron chi connectivity index (χ0n) is 12.1. The minimum Gasteiger partial charge on any atom is -0.454 e. The van der Waals surface area contributed by atoms with E-state index >= 15 is 0 Å². The van der Waals surface area contributed by atoms with E-state index in [9.17, 15) is 0 Å². The lowest BCUT2D eigenvalue weighted by Crippen LogP contribution is -2.25. The van der Waals surface area contributed by atoms with Crippen molar-refractivity contribution in [3.63, 3.8) is 0 Å². The Hall–Kier alpha value is -1.22. The first-order chi connectivity index (χ1) is 9.29. The van der Waals surface area contributed by atoms with Crippen LogP contribution in [0.1, 0.15) is 51.5 Å². The molecule has 1 N–H and O–H groups in total. The second kappa shape index (κ2) is 7.39. The van der Waals surface area contributed by atoms with Gasteiger partial charge in [0, 0.05) is 12.6 Å². The number of hydrogen-bond donors (Lipinski definition) is 1. The van der Waals surface area contributed by atoms with Crippen molar-refractivity contribution in [3.05, 3.63) is 23.8 Å². The van der Waals surface area contributed by atoms with Gasteiger partial charge in [0.25, 0.3) is 0 Å². The summed E-state index contributed by atoms with van der Waals surface area (Å²) in [7, 11) is 0. The maximum Gasteiger partial charge on any atom is 0.231 e. The highest BCUT2D eigenvalue weighted by Crippen LogP contribution is 2.32. The minimum atomic E-state index is 0.347. The molecule has 0 saturated heterocycles. The van der Waals surface area contributed by atoms with Crippen LogP contribution in [0.3, 0.4) is 0 Å². The van der Waals surface area contributed by atoms with Crippen molar-refractivity contribution < 1.29 is 9.47 Å². The summed E-state index contributed by atoms with van der Waals surface area (Å²) in [6.07, 6.45) is 6.59. The molecule has 1 aromatic rings. The molecule has 106 valence electrons. The van der Waals surface area contributed by atoms with Crippen LogP contribution in [0.15, 0.2) is 18.2 Å². The SMILES string of the molecule is CCCCCCC(C)NCc1ccc2c(c1)OCO2. The molecule has 2 rings (SSSR count). The topological polar surface area (TPSA) is 30.5 Å². The summed E-state index contributed by atoms with van der Waals surface area (Å²) in [6.45, 7) is 5.76. The smallest absolute Gasteiger partial charge is 0.231 e. The molecule has 1 heterocycles. The maximum atomic E-state index is 5.39. The van der Waals surface area contributed by atoms with E-state index in [1.165, 1.54) is 37.7 Å². The van der Waals surface area contributed by atoms with E-state index in [-0.39, 0.29) is 0 Å². The molecule has 0 amide bonds. The largest absolute Gasteiger partial charge is 0.454 e. The molecule has 0 fully saturated rings. The van der Waals surface area contributed by atoms with Gasteiger partial charge >= 0.3 is 0 Å². The van der Waals surface area contributed by atoms with Gasteiger partial charge in [-0.1, -0.05) is 38.7 Å². The van der Waals surface area contributed by atoms with E-state index in [1.54, 1.807) is 0 Å². The van der Waals surface area contributed by atoms with Crippen LogP contribution in [0.4, 0.5) is 0 Å². The molecule has 1 atom stereocenters. The number of benzene rings is 1. The van der Waals surface area contributed by atoms with Gasteiger partial charge in [-0.15, -0.1) is 0 Å². The molecule has 1 unspecified atom stereocenters. The summed E-state index contributed by atoms with van der Waals surface area (Å²) in [5.41, 5.74) is 1.25. The van der Waals surface area contributed by atoms with Crippen molar-refractivity contribution in [2.75, 3.05) is 6.79 Å². The van der Waals surface area contributed by atoms with Crippen LogP contribution >= 0.6 is 0 Å². The molecule has 0 aromatic heterocycles. The zero-order valence-corrected chi connectivity index (χ0v) is 12.1. The summed E-state index contributed by atoms with van der Waals surface area (Å²) in [4.78, 5) is 0. The molecule has 0 saturated carbocycles. The molecule has 0 radical (unpaired) electrons. The quantitative estimate of drug-likeness (QED) is 0.722. The first-order valence-electron chi connectivity index (χ1n) is 7.41. The lowest BCUT2D eigenvalue weighted by Gasteiger charge is -2.13. The Morgan fingerprint density at radius 1 is 1.16 bits per heavy atom. The van der Waals surface area contributed by atoms with E-state index in [0.717, 1.165) is 18.0 Å². The Labute approximate surface area is 116 Å². The van der Waals surface area contributed by atoms with Crippen LogP contribution in [0, 0.1) is 0 Å². The molecule has 0 bridgehead atoms. The average molecular weight is 263 g/mol. The maximum absolute atomic E-state index is 5.39. The number of unbranched alkanes of at least 4 members (excludes halogenated alkanes) is 3. The van der Waals surface area contributed by atoms with Gasteiger partial charge < -0.3 is 14.8 Å². The van der Waals surface area contributed by atoms with E-state index in [1.807, 2.05) is 6.07 Å². The summed E-state index contributed by atoms with van der Waals surface area (Å²) in [5, 5.41) is 3.57. The first-order valence-corrected chi connectivity index (χ1v) is 7.41. The van der Waals surface area contributed by atoms with Crippen LogP contribution in [0.2, 0.25) is 0 Å². The van der Waals surface area contributed by atoms with Gasteiger partial charge in [-0.05, 0) is 31.0 Å². The molecule has 3 nitrogen and oxygen atoms in total. The van der Waals surface area contributed by atoms with Crippen LogP contribution in [0.5, 0.6) is 11.5 Å². The van der Waals surface area contributed by atoms with E-state index < -0.39 is 0 Å². The van der Waals surface area contributed by atoms with Crippen molar-refractivity contribution in [1.29, 1.82) is 0 Å². The fourth-order valence-electron chi connectivity index (χ4n) is 2.32. The summed E-state index contributed by atoms with van der Waals surface area (Å²) >= 11 is 0. The van der Waals surface area contributed by atoms with Gasteiger partial charge in [0.1, 0.15) is 0 Å². The fourth-order valence-corrected chi connectivity index (χ4v) is 2.32. The highest BCUT2D eigenvalue weighted by atomic mass is 16.7. The van der Waals surface area contributed by atoms with Crippen molar-refractivity contribution in [2.24, 2.45) is 0 Å². The lowest BCUT2D eigenvalue weighted by atomic mass is 10.1. The number of ether oxygens (including phenoxy) is 2. The van der Waals surface area contributed by atoms with Crippen molar-refractivity contribution >= 4 is 0 Å². The van der Waals surface area contributed by atoms with Gasteiger partial charge in [-0.3, -0.25) is 0 Å². The highest BCUT2D eigenvalue weighted by molar-refractivity contribution is 5.44. The Kier molecular flexibility index (Phi) is 5.52. The van der Waals surface area contributed by atoms with Gasteiger partial charge in [0.15, 0.2) is 11.5 Å². The van der Waals surface area contributed by atoms with Crippen LogP contribution in [0.25, 0.3) is 0 Å². The zero-order chi connectivity index (χ0) is 13.5. The third-order valence-electron chi connectivity index (χ3n) is 3.58. The average Bonchev–Trinajstić information content (AvgIpc) is 2.89. The monoisotopic (exact) mass is 263 g/mol. The number of nitrogens with one attached hydrogen (secondary N) is 1. The minimum absolute atomic E-state index is 0.347. The second-order valence-corrected chi connectivity index (χ2v) is 5.32. The second-order valence-electron chi connectivity index (χ2n) is 5.32. The molecule has 1 aromatic carbocycles. The number of fused-ring (bicyclic) bond motifs is 1. The molecular weight excluding hydrogens is 238 g/mol. The summed E-state index contributed by atoms with van der Waals surface area (Å²) in [5.74, 6) is 1.73. The highest BCUT2D eigenvalue weighted by Gasteiger charge is 2.13. The predicted octanol–water partition coefficient (Wildman–Crippen LogP) is 3.86. The standard InChI is InChI=1S/C16H25NO2/c1-3-4-5-6-7-13(2)17-11-14-8-9-15-16(10-14)19-12-18-15/h8-10,13,17H,3-7,11-12H2,1-2H3. The first kappa shape index (κ1) is 14.2. The molecular formula is C16H25NO2. The van der Waals surface area contributed by atoms with Gasteiger partial charge in [-0.25, -0.2) is 0 Å². The van der Waals surface area contributed by atoms with Gasteiger partial charge in [0.05, 0.1) is 0 Å². The van der Waals surface area contributed by atoms with E-state index in [2.05, 4.69) is 31.3 Å². The molecule has 0 spiro atoms. The van der Waals surface area contributed by atoms with Gasteiger partial charge in [0.2, 0.25) is 6.79 Å². The number of hydrogen-bond acceptors (Lipinski definition) is 3. The third kappa shape index (κ3) is 4.43. The van der Waals surface area contributed by atoms with Crippen LogP contribution < -0.4 is 14.8 Å². The molecule has 19 heavy (non-hydrogen) atoms. The molecule has 0 aliphatic carbocycles. The molecule has 1 aliphatic rings. The summed E-state index contributed by atoms with van der Waals surface area (Å²) in [6, 6.07) is 6.73. The normalized spacial score (nSPS) is 14.6. The fraction of sp³-hybridized carbons (Fsp3) is 0.625. The number of rotatable bonds is 8. The van der Waals surface area contributed by atoms with Crippen molar-refractivity contribution in [2.45, 2.75) is 58.5 Å². The molecule has 3 heteroatoms. The third-order valence-corrected chi connectivity index (χ3v) is 3.58. The lowest BCUT2D eigenvalue weighted by molar-refractivity contribution is 0.174. The van der Waals surface area contributed by atoms with Crippen LogP contribution in [-0.4, -0.2) is 12.8 Å². The Bertz CT molecular complexity index is 392. The predicted molar refractivity (Wildman–Crippen MR) is 77.6 cm³/mol. The van der Waals surface area contributed by atoms with Crippen molar-refractivity contribution in [1.82, 2.24) is 5.32 Å². The van der Waals surface area contributed by atoms with E-state index in [0.29, 0.717) is 12.8 Å². The molecule has 1 aliphatic heterocycles.